The molecule has 27 heavy (non-hydrogen) atoms. The van der Waals surface area contributed by atoms with Crippen LogP contribution < -0.4 is 5.73 Å². The van der Waals surface area contributed by atoms with Crippen LogP contribution in [0.15, 0.2) is 24.3 Å². The number of nitrogens with two attached hydrogens (primary N) is 1. The molecule has 1 aromatic heterocycles. The van der Waals surface area contributed by atoms with Gasteiger partial charge in [-0.05, 0) is 51.8 Å². The van der Waals surface area contributed by atoms with Crippen molar-refractivity contribution in [2.75, 3.05) is 0 Å². The molecule has 6 nitrogen and oxygen atoms in total. The van der Waals surface area contributed by atoms with Crippen LogP contribution in [0.5, 0.6) is 0 Å². The zero-order chi connectivity index (χ0) is 19.7. The van der Waals surface area contributed by atoms with Crippen molar-refractivity contribution in [2.45, 2.75) is 46.7 Å². The fourth-order valence-corrected chi connectivity index (χ4v) is 3.61. The summed E-state index contributed by atoms with van der Waals surface area (Å²) in [6.07, 6.45) is 3.31. The summed E-state index contributed by atoms with van der Waals surface area (Å²) < 4.78 is 0. The van der Waals surface area contributed by atoms with Crippen molar-refractivity contribution in [1.82, 2.24) is 14.9 Å². The molecule has 3 N–H and O–H groups in total. The molecule has 0 fully saturated rings. The Bertz CT molecular complexity index is 948. The van der Waals surface area contributed by atoms with Crippen LogP contribution in [0.1, 0.15) is 51.2 Å². The summed E-state index contributed by atoms with van der Waals surface area (Å²) in [7, 11) is 0. The van der Waals surface area contributed by atoms with E-state index >= 15 is 0 Å². The number of allylic oxidation sites excluding steroid dienone is 1. The van der Waals surface area contributed by atoms with Gasteiger partial charge < -0.3 is 16.0 Å². The van der Waals surface area contributed by atoms with E-state index in [9.17, 15) is 4.79 Å². The molecular formula is C21H25N5O. The molecule has 0 aliphatic carbocycles. The van der Waals surface area contributed by atoms with Gasteiger partial charge in [0.2, 0.25) is 0 Å². The Balaban J connectivity index is 2.00. The average Bonchev–Trinajstić information content (AvgIpc) is 2.60. The first kappa shape index (κ1) is 18.8. The van der Waals surface area contributed by atoms with E-state index in [2.05, 4.69) is 9.97 Å². The van der Waals surface area contributed by atoms with Gasteiger partial charge in [0.1, 0.15) is 5.82 Å². The molecule has 0 saturated heterocycles. The Morgan fingerprint density at radius 3 is 2.70 bits per heavy atom. The van der Waals surface area contributed by atoms with Crippen LogP contribution >= 0.6 is 0 Å². The number of carbonyl (C=O) groups is 1. The summed E-state index contributed by atoms with van der Waals surface area (Å²) in [5.41, 5.74) is 11.9. The van der Waals surface area contributed by atoms with Crippen molar-refractivity contribution >= 4 is 17.8 Å². The zero-order valence-electron chi connectivity index (χ0n) is 16.2. The average molecular weight is 363 g/mol. The Labute approximate surface area is 159 Å². The maximum absolute atomic E-state index is 13.2. The van der Waals surface area contributed by atoms with Gasteiger partial charge in [-0.15, -0.1) is 0 Å². The third-order valence-electron chi connectivity index (χ3n) is 4.97. The molecular weight excluding hydrogens is 338 g/mol. The summed E-state index contributed by atoms with van der Waals surface area (Å²) >= 11 is 0. The number of hydrogen-bond acceptors (Lipinski definition) is 5. The molecule has 1 atom stereocenters. The van der Waals surface area contributed by atoms with Crippen LogP contribution in [0.25, 0.3) is 5.70 Å². The third-order valence-corrected chi connectivity index (χ3v) is 4.97. The van der Waals surface area contributed by atoms with Crippen molar-refractivity contribution in [3.8, 4) is 0 Å². The van der Waals surface area contributed by atoms with E-state index in [1.807, 2.05) is 50.8 Å². The van der Waals surface area contributed by atoms with Crippen molar-refractivity contribution in [2.24, 2.45) is 5.73 Å². The van der Waals surface area contributed by atoms with Crippen LogP contribution in [0.3, 0.4) is 0 Å². The molecule has 1 amide bonds. The smallest absolute Gasteiger partial charge is 0.254 e. The molecule has 1 aliphatic rings. The van der Waals surface area contributed by atoms with Crippen LogP contribution in [-0.2, 0) is 13.0 Å². The lowest BCUT2D eigenvalue weighted by atomic mass is 9.94. The van der Waals surface area contributed by atoms with Crippen LogP contribution in [0.4, 0.5) is 0 Å². The minimum atomic E-state index is 0.00328. The Morgan fingerprint density at radius 1 is 1.30 bits per heavy atom. The molecule has 3 rings (SSSR count). The van der Waals surface area contributed by atoms with E-state index < -0.39 is 0 Å². The monoisotopic (exact) mass is 363 g/mol. The van der Waals surface area contributed by atoms with Gasteiger partial charge in [0.25, 0.3) is 5.91 Å². The summed E-state index contributed by atoms with van der Waals surface area (Å²) in [4.78, 5) is 24.1. The molecule has 6 heteroatoms. The predicted molar refractivity (Wildman–Crippen MR) is 107 cm³/mol. The maximum atomic E-state index is 13.2. The molecule has 2 heterocycles. The first-order chi connectivity index (χ1) is 12.8. The number of amides is 1. The summed E-state index contributed by atoms with van der Waals surface area (Å²) in [6.45, 7) is 8.27. The lowest BCUT2D eigenvalue weighted by Gasteiger charge is -2.35. The third kappa shape index (κ3) is 3.60. The van der Waals surface area contributed by atoms with E-state index in [1.165, 1.54) is 6.08 Å². The molecule has 0 bridgehead atoms. The van der Waals surface area contributed by atoms with Crippen LogP contribution in [0.2, 0.25) is 0 Å². The minimum Gasteiger partial charge on any atom is -0.397 e. The lowest BCUT2D eigenvalue weighted by molar-refractivity contribution is 0.0652. The van der Waals surface area contributed by atoms with Gasteiger partial charge in [0.15, 0.2) is 0 Å². The van der Waals surface area contributed by atoms with Gasteiger partial charge in [-0.2, -0.15) is 0 Å². The number of carbonyl (C=O) groups excluding carboxylic acids is 1. The summed E-state index contributed by atoms with van der Waals surface area (Å²) in [5.74, 6) is 0.630. The van der Waals surface area contributed by atoms with E-state index in [0.717, 1.165) is 34.2 Å². The number of aryl methyl sites for hydroxylation is 3. The number of hydrogen-bond donors (Lipinski definition) is 2. The Kier molecular flexibility index (Phi) is 5.08. The van der Waals surface area contributed by atoms with Gasteiger partial charge in [0.05, 0.1) is 23.6 Å². The van der Waals surface area contributed by atoms with Crippen LogP contribution in [0, 0.1) is 26.2 Å². The lowest BCUT2D eigenvalue weighted by Crippen LogP contribution is -2.44. The quantitative estimate of drug-likeness (QED) is 0.820. The molecule has 0 spiro atoms. The van der Waals surface area contributed by atoms with Gasteiger partial charge in [-0.25, -0.2) is 9.97 Å². The highest BCUT2D eigenvalue weighted by Crippen LogP contribution is 2.28. The van der Waals surface area contributed by atoms with Gasteiger partial charge in [0, 0.05) is 23.4 Å². The van der Waals surface area contributed by atoms with Gasteiger partial charge in [-0.3, -0.25) is 4.79 Å². The molecule has 0 radical (unpaired) electrons. The molecule has 1 unspecified atom stereocenters. The number of benzene rings is 1. The standard InChI is InChI=1S/C21H25N5O/c1-12-5-6-16(13(2)9-12)21(27)26-11-19-17(10-14(26)3)20(18(23)7-8-22)25-15(4)24-19/h5-9,14,22H,10-11,23H2,1-4H3/b18-7-,22-8?. The maximum Gasteiger partial charge on any atom is 0.254 e. The number of nitrogens with zero attached hydrogens (tertiary/aromatic N) is 3. The molecule has 0 saturated carbocycles. The highest BCUT2D eigenvalue weighted by Gasteiger charge is 2.31. The van der Waals surface area contributed by atoms with Crippen molar-refractivity contribution in [3.05, 3.63) is 63.7 Å². The largest absolute Gasteiger partial charge is 0.397 e. The number of aromatic nitrogens is 2. The first-order valence-electron chi connectivity index (χ1n) is 9.03. The van der Waals surface area contributed by atoms with E-state index in [0.29, 0.717) is 30.2 Å². The SMILES string of the molecule is Cc1ccc(C(=O)N2Cc3nc(C)nc(/C(N)=C/C=N)c3CC2C)c(C)c1. The van der Waals surface area contributed by atoms with Crippen molar-refractivity contribution < 1.29 is 4.79 Å². The van der Waals surface area contributed by atoms with Gasteiger partial charge >= 0.3 is 0 Å². The predicted octanol–water partition coefficient (Wildman–Crippen LogP) is 2.94. The minimum absolute atomic E-state index is 0.00328. The second-order valence-corrected chi connectivity index (χ2v) is 7.14. The summed E-state index contributed by atoms with van der Waals surface area (Å²) in [5, 5.41) is 7.26. The number of fused-ring (bicyclic) bond motifs is 1. The highest BCUT2D eigenvalue weighted by atomic mass is 16.2. The normalized spacial score (nSPS) is 16.8. The topological polar surface area (TPSA) is 96.0 Å². The Hall–Kier alpha value is -3.02. The fourth-order valence-electron chi connectivity index (χ4n) is 3.61. The Morgan fingerprint density at radius 2 is 2.04 bits per heavy atom. The molecule has 2 aromatic rings. The van der Waals surface area contributed by atoms with Gasteiger partial charge in [-0.1, -0.05) is 17.7 Å². The second-order valence-electron chi connectivity index (χ2n) is 7.14. The molecule has 1 aliphatic heterocycles. The summed E-state index contributed by atoms with van der Waals surface area (Å²) in [6, 6.07) is 5.90. The van der Waals surface area contributed by atoms with E-state index in [-0.39, 0.29) is 11.9 Å². The number of nitrogens with one attached hydrogen (secondary N) is 1. The molecule has 140 valence electrons. The van der Waals surface area contributed by atoms with Crippen molar-refractivity contribution in [1.29, 1.82) is 5.41 Å². The van der Waals surface area contributed by atoms with Crippen molar-refractivity contribution in [3.63, 3.8) is 0 Å². The fraction of sp³-hybridized carbons (Fsp3) is 0.333. The van der Waals surface area contributed by atoms with E-state index in [4.69, 9.17) is 11.1 Å². The zero-order valence-corrected chi connectivity index (χ0v) is 16.2. The molecule has 1 aromatic carbocycles. The number of rotatable bonds is 3. The van der Waals surface area contributed by atoms with Crippen LogP contribution in [-0.4, -0.2) is 33.0 Å². The second kappa shape index (κ2) is 7.31. The first-order valence-corrected chi connectivity index (χ1v) is 9.03. The highest BCUT2D eigenvalue weighted by molar-refractivity contribution is 5.96. The van der Waals surface area contributed by atoms with E-state index in [1.54, 1.807) is 0 Å².